The third-order valence-corrected chi connectivity index (χ3v) is 4.37. The Hall–Kier alpha value is -2.19. The van der Waals surface area contributed by atoms with E-state index in [4.69, 9.17) is 11.6 Å². The maximum atomic E-state index is 10.8. The highest BCUT2D eigenvalue weighted by Crippen LogP contribution is 2.20. The molecule has 1 aromatic carbocycles. The van der Waals surface area contributed by atoms with Crippen LogP contribution in [-0.4, -0.2) is 18.0 Å². The highest BCUT2D eigenvalue weighted by atomic mass is 32.2. The second-order valence-electron chi connectivity index (χ2n) is 5.42. The minimum absolute atomic E-state index is 0.0851. The molecule has 0 spiro atoms. The molecule has 0 aliphatic carbocycles. The van der Waals surface area contributed by atoms with Gasteiger partial charge in [-0.3, -0.25) is 5.84 Å². The van der Waals surface area contributed by atoms with E-state index in [-0.39, 0.29) is 4.90 Å². The number of anilines is 1. The number of nitrogens with two attached hydrogens (primary N) is 2. The lowest BCUT2D eigenvalue weighted by Gasteiger charge is -2.14. The molecule has 2 rings (SSSR count). The van der Waals surface area contributed by atoms with E-state index in [9.17, 15) is 13.0 Å². The molecule has 126 valence electrons. The molecule has 0 unspecified atom stereocenters. The first kappa shape index (κ1) is 18.9. The zero-order chi connectivity index (χ0) is 17.9. The first-order chi connectivity index (χ1) is 10.4. The number of benzene rings is 1. The number of nitrogens with zero attached hydrogens (tertiary/aromatic N) is 2. The van der Waals surface area contributed by atoms with Crippen molar-refractivity contribution >= 4 is 15.9 Å². The molecule has 0 aliphatic rings. The van der Waals surface area contributed by atoms with Crippen molar-refractivity contribution in [1.82, 2.24) is 4.98 Å². The fraction of sp³-hybridized carbons (Fsp3) is 0.333. The summed E-state index contributed by atoms with van der Waals surface area (Å²) >= 11 is 0. The van der Waals surface area contributed by atoms with Crippen molar-refractivity contribution in [1.29, 1.82) is 0 Å². The van der Waals surface area contributed by atoms with E-state index in [1.807, 2.05) is 20.8 Å². The van der Waals surface area contributed by atoms with Crippen LogP contribution >= 0.6 is 0 Å². The third-order valence-electron chi connectivity index (χ3n) is 3.23. The average molecular weight is 338 g/mol. The molecule has 7 nitrogen and oxygen atoms in total. The molecular formula is C15H22N4O3S. The third kappa shape index (κ3) is 4.90. The van der Waals surface area contributed by atoms with Crippen LogP contribution in [0, 0.1) is 34.6 Å². The minimum atomic E-state index is -4.33. The quantitative estimate of drug-likeness (QED) is 0.450. The standard InChI is InChI=1S/C9H12O3S.C6H10N4/c1-6-4-7(2)9(8(3)5-6)13(10,11)12;1-4-3-6(7)9-5(2)10(4)8/h4-5H,1-3H3,(H,10,11,12);3,7H,8H2,1-2H3. The molecule has 0 atom stereocenters. The summed E-state index contributed by atoms with van der Waals surface area (Å²) in [6, 6.07) is 5.11. The lowest BCUT2D eigenvalue weighted by molar-refractivity contribution is -0.655. The van der Waals surface area contributed by atoms with E-state index in [1.165, 1.54) is 4.68 Å². The maximum Gasteiger partial charge on any atom is 0.320 e. The van der Waals surface area contributed by atoms with Crippen LogP contribution in [0.5, 0.6) is 0 Å². The lowest BCUT2D eigenvalue weighted by atomic mass is 10.1. The highest BCUT2D eigenvalue weighted by molar-refractivity contribution is 7.85. The van der Waals surface area contributed by atoms with Crippen LogP contribution < -0.4 is 16.3 Å². The van der Waals surface area contributed by atoms with Crippen molar-refractivity contribution < 1.29 is 17.6 Å². The molecule has 1 aromatic heterocycles. The van der Waals surface area contributed by atoms with Crippen LogP contribution in [-0.2, 0) is 10.1 Å². The van der Waals surface area contributed by atoms with Gasteiger partial charge < -0.3 is 10.3 Å². The normalized spacial score (nSPS) is 10.9. The maximum absolute atomic E-state index is 10.8. The van der Waals surface area contributed by atoms with E-state index in [2.05, 4.69) is 4.98 Å². The van der Waals surface area contributed by atoms with Gasteiger partial charge in [0.2, 0.25) is 5.82 Å². The summed E-state index contributed by atoms with van der Waals surface area (Å²) in [5, 5.41) is 0. The lowest BCUT2D eigenvalue weighted by Crippen LogP contribution is -2.50. The molecule has 4 N–H and O–H groups in total. The Bertz CT molecular complexity index is 787. The number of aryl methyl sites for hydroxylation is 5. The van der Waals surface area contributed by atoms with Crippen LogP contribution in [0.25, 0.3) is 0 Å². The Morgan fingerprint density at radius 1 is 1.04 bits per heavy atom. The summed E-state index contributed by atoms with van der Waals surface area (Å²) in [5.74, 6) is 6.78. The molecule has 0 amide bonds. The number of rotatable bonds is 1. The van der Waals surface area contributed by atoms with Crippen LogP contribution in [0.3, 0.4) is 0 Å². The van der Waals surface area contributed by atoms with E-state index < -0.39 is 10.1 Å². The second kappa shape index (κ2) is 6.93. The van der Waals surface area contributed by atoms with Crippen LogP contribution in [0.2, 0.25) is 0 Å². The molecular weight excluding hydrogens is 316 g/mol. The van der Waals surface area contributed by atoms with Crippen molar-refractivity contribution in [3.63, 3.8) is 0 Å². The second-order valence-corrected chi connectivity index (χ2v) is 6.74. The first-order valence-electron chi connectivity index (χ1n) is 6.88. The van der Waals surface area contributed by atoms with Gasteiger partial charge in [-0.15, -0.1) is 4.68 Å². The highest BCUT2D eigenvalue weighted by Gasteiger charge is 2.09. The van der Waals surface area contributed by atoms with Crippen molar-refractivity contribution in [2.75, 3.05) is 11.6 Å². The van der Waals surface area contributed by atoms with Crippen molar-refractivity contribution in [2.24, 2.45) is 0 Å². The van der Waals surface area contributed by atoms with Gasteiger partial charge >= 0.3 is 5.82 Å². The zero-order valence-electron chi connectivity index (χ0n) is 13.9. The summed E-state index contributed by atoms with van der Waals surface area (Å²) < 4.78 is 34.0. The summed E-state index contributed by atoms with van der Waals surface area (Å²) in [7, 11) is -4.33. The summed E-state index contributed by atoms with van der Waals surface area (Å²) in [6.45, 7) is 8.81. The fourth-order valence-electron chi connectivity index (χ4n) is 2.37. The molecule has 0 saturated carbocycles. The summed E-state index contributed by atoms with van der Waals surface area (Å²) in [6.07, 6.45) is 0. The molecule has 0 aliphatic heterocycles. The molecule has 0 bridgehead atoms. The van der Waals surface area contributed by atoms with Gasteiger partial charge in [-0.2, -0.15) is 0 Å². The number of hydrogen-bond acceptors (Lipinski definition) is 6. The Balaban J connectivity index is 0.000000238. The van der Waals surface area contributed by atoms with E-state index in [0.29, 0.717) is 16.9 Å². The fourth-order valence-corrected chi connectivity index (χ4v) is 3.28. The molecule has 8 heteroatoms. The molecule has 2 aromatic rings. The molecule has 0 fully saturated rings. The van der Waals surface area contributed by atoms with Crippen LogP contribution in [0.15, 0.2) is 23.1 Å². The monoisotopic (exact) mass is 338 g/mol. The van der Waals surface area contributed by atoms with Gasteiger partial charge in [-0.1, -0.05) is 17.7 Å². The van der Waals surface area contributed by atoms with E-state index >= 15 is 0 Å². The molecule has 0 saturated heterocycles. The van der Waals surface area contributed by atoms with Crippen molar-refractivity contribution in [3.8, 4) is 0 Å². The van der Waals surface area contributed by atoms with Gasteiger partial charge in [-0.25, -0.2) is 8.42 Å². The largest absolute Gasteiger partial charge is 0.744 e. The molecule has 23 heavy (non-hydrogen) atoms. The van der Waals surface area contributed by atoms with Gasteiger partial charge in [0.25, 0.3) is 0 Å². The predicted octanol–water partition coefficient (Wildman–Crippen LogP) is 0.798. The van der Waals surface area contributed by atoms with Gasteiger partial charge in [-0.05, 0) is 36.9 Å². The smallest absolute Gasteiger partial charge is 0.320 e. The Morgan fingerprint density at radius 3 is 1.91 bits per heavy atom. The van der Waals surface area contributed by atoms with Gasteiger partial charge in [0, 0.05) is 13.8 Å². The van der Waals surface area contributed by atoms with Gasteiger partial charge in [0.15, 0.2) is 0 Å². The van der Waals surface area contributed by atoms with Crippen LogP contribution in [0.4, 0.5) is 5.82 Å². The Kier molecular flexibility index (Phi) is 5.68. The van der Waals surface area contributed by atoms with E-state index in [0.717, 1.165) is 17.1 Å². The van der Waals surface area contributed by atoms with Crippen LogP contribution in [0.1, 0.15) is 28.2 Å². The molecule has 0 radical (unpaired) electrons. The number of nitrogen functional groups attached to an aromatic ring is 2. The first-order valence-corrected chi connectivity index (χ1v) is 8.29. The zero-order valence-corrected chi connectivity index (χ0v) is 14.7. The Morgan fingerprint density at radius 2 is 1.52 bits per heavy atom. The summed E-state index contributed by atoms with van der Waals surface area (Å²) in [4.78, 5) is 3.86. The SMILES string of the molecule is Cc1cc(C)c(S(=O)(=O)[O-])c(C)c1.Cc1cc(N)nc(C)[n+]1N. The number of hydrogen-bond donors (Lipinski definition) is 2. The van der Waals surface area contributed by atoms with Gasteiger partial charge in [0.1, 0.15) is 15.8 Å². The Labute approximate surface area is 136 Å². The van der Waals surface area contributed by atoms with Gasteiger partial charge in [0.05, 0.1) is 11.0 Å². The average Bonchev–Trinajstić information content (AvgIpc) is 2.33. The number of aromatic nitrogens is 2. The van der Waals surface area contributed by atoms with Crippen molar-refractivity contribution in [2.45, 2.75) is 39.5 Å². The van der Waals surface area contributed by atoms with E-state index in [1.54, 1.807) is 32.0 Å². The topological polar surface area (TPSA) is 126 Å². The minimum Gasteiger partial charge on any atom is -0.744 e. The van der Waals surface area contributed by atoms with Crippen molar-refractivity contribution in [3.05, 3.63) is 46.4 Å². The molecule has 1 heterocycles. The summed E-state index contributed by atoms with van der Waals surface area (Å²) in [5.41, 5.74) is 8.36. The predicted molar refractivity (Wildman–Crippen MR) is 87.1 cm³/mol.